The lowest BCUT2D eigenvalue weighted by atomic mass is 9.98. The molecule has 0 saturated carbocycles. The van der Waals surface area contributed by atoms with Gasteiger partial charge in [0.1, 0.15) is 12.9 Å². The van der Waals surface area contributed by atoms with Crippen molar-refractivity contribution >= 4 is 6.29 Å². The molecule has 0 amide bonds. The zero-order valence-electron chi connectivity index (χ0n) is 10.1. The molecule has 0 aliphatic carbocycles. The van der Waals surface area contributed by atoms with E-state index in [0.717, 1.165) is 19.3 Å². The number of hydrogen-bond acceptors (Lipinski definition) is 5. The summed E-state index contributed by atoms with van der Waals surface area (Å²) >= 11 is 0. The van der Waals surface area contributed by atoms with E-state index in [1.165, 1.54) is 6.92 Å². The second-order valence-corrected chi connectivity index (χ2v) is 4.57. The standard InChI is InChI=1S/C11H19NO5/c1-11(12(14)15,6-4-7-13)9-17-10-5-2-3-8-16-10/h7,10H,2-6,8-9H2,1H3. The van der Waals surface area contributed by atoms with Crippen LogP contribution >= 0.6 is 0 Å². The average Bonchev–Trinajstić information content (AvgIpc) is 2.35. The summed E-state index contributed by atoms with van der Waals surface area (Å²) in [4.78, 5) is 20.9. The minimum Gasteiger partial charge on any atom is -0.353 e. The molecule has 0 bridgehead atoms. The number of ether oxygens (including phenoxy) is 2. The Morgan fingerprint density at radius 2 is 2.35 bits per heavy atom. The highest BCUT2D eigenvalue weighted by molar-refractivity contribution is 5.49. The quantitative estimate of drug-likeness (QED) is 0.386. The Bertz CT molecular complexity index is 265. The van der Waals surface area contributed by atoms with Crippen LogP contribution in [0.15, 0.2) is 0 Å². The fraction of sp³-hybridized carbons (Fsp3) is 0.909. The van der Waals surface area contributed by atoms with Crippen LogP contribution in [-0.2, 0) is 14.3 Å². The lowest BCUT2D eigenvalue weighted by Crippen LogP contribution is -2.42. The van der Waals surface area contributed by atoms with E-state index in [4.69, 9.17) is 9.47 Å². The van der Waals surface area contributed by atoms with Crippen molar-refractivity contribution in [1.82, 2.24) is 0 Å². The van der Waals surface area contributed by atoms with Gasteiger partial charge in [-0.25, -0.2) is 0 Å². The van der Waals surface area contributed by atoms with Gasteiger partial charge in [-0.05, 0) is 19.3 Å². The molecule has 17 heavy (non-hydrogen) atoms. The molecule has 0 aromatic heterocycles. The zero-order chi connectivity index (χ0) is 12.7. The lowest BCUT2D eigenvalue weighted by Gasteiger charge is -2.26. The van der Waals surface area contributed by atoms with Crippen molar-refractivity contribution in [2.24, 2.45) is 0 Å². The van der Waals surface area contributed by atoms with Gasteiger partial charge in [0.15, 0.2) is 6.29 Å². The molecule has 6 nitrogen and oxygen atoms in total. The molecule has 1 rings (SSSR count). The van der Waals surface area contributed by atoms with Crippen LogP contribution in [0.3, 0.4) is 0 Å². The summed E-state index contributed by atoms with van der Waals surface area (Å²) in [5.41, 5.74) is -1.21. The van der Waals surface area contributed by atoms with Gasteiger partial charge >= 0.3 is 0 Å². The molecule has 1 heterocycles. The van der Waals surface area contributed by atoms with Gasteiger partial charge in [-0.1, -0.05) is 0 Å². The van der Waals surface area contributed by atoms with E-state index in [-0.39, 0.29) is 30.7 Å². The third-order valence-corrected chi connectivity index (χ3v) is 2.96. The van der Waals surface area contributed by atoms with E-state index in [2.05, 4.69) is 0 Å². The van der Waals surface area contributed by atoms with Crippen molar-refractivity contribution in [3.63, 3.8) is 0 Å². The van der Waals surface area contributed by atoms with Gasteiger partial charge < -0.3 is 14.3 Å². The number of nitro groups is 1. The van der Waals surface area contributed by atoms with Crippen molar-refractivity contribution in [2.75, 3.05) is 13.2 Å². The normalized spacial score (nSPS) is 23.9. The maximum Gasteiger partial charge on any atom is 0.242 e. The molecule has 0 aromatic carbocycles. The van der Waals surface area contributed by atoms with Gasteiger partial charge in [-0.2, -0.15) is 0 Å². The highest BCUT2D eigenvalue weighted by atomic mass is 16.7. The van der Waals surface area contributed by atoms with E-state index in [9.17, 15) is 14.9 Å². The largest absolute Gasteiger partial charge is 0.353 e. The van der Waals surface area contributed by atoms with E-state index in [1.807, 2.05) is 0 Å². The van der Waals surface area contributed by atoms with E-state index < -0.39 is 5.54 Å². The molecule has 0 spiro atoms. The number of rotatable bonds is 7. The highest BCUT2D eigenvalue weighted by Gasteiger charge is 2.38. The first-order valence-corrected chi connectivity index (χ1v) is 5.90. The monoisotopic (exact) mass is 245 g/mol. The van der Waals surface area contributed by atoms with Gasteiger partial charge in [0.05, 0.1) is 0 Å². The van der Waals surface area contributed by atoms with Crippen molar-refractivity contribution < 1.29 is 19.2 Å². The minimum atomic E-state index is -1.21. The second-order valence-electron chi connectivity index (χ2n) is 4.57. The van der Waals surface area contributed by atoms with Crippen LogP contribution in [0.2, 0.25) is 0 Å². The summed E-state index contributed by atoms with van der Waals surface area (Å²) < 4.78 is 10.8. The maximum atomic E-state index is 11.0. The van der Waals surface area contributed by atoms with Gasteiger partial charge in [0, 0.05) is 31.3 Å². The van der Waals surface area contributed by atoms with Crippen LogP contribution in [0.5, 0.6) is 0 Å². The summed E-state index contributed by atoms with van der Waals surface area (Å²) in [6, 6.07) is 0. The second kappa shape index (κ2) is 6.66. The predicted octanol–water partition coefficient (Wildman–Crippen LogP) is 1.54. The van der Waals surface area contributed by atoms with Crippen LogP contribution in [0.25, 0.3) is 0 Å². The summed E-state index contributed by atoms with van der Waals surface area (Å²) in [6.07, 6.45) is 3.54. The maximum absolute atomic E-state index is 11.0. The molecule has 2 atom stereocenters. The fourth-order valence-corrected chi connectivity index (χ4v) is 1.70. The molecule has 0 aromatic rings. The van der Waals surface area contributed by atoms with Gasteiger partial charge in [0.25, 0.3) is 0 Å². The Morgan fingerprint density at radius 1 is 1.59 bits per heavy atom. The Balaban J connectivity index is 2.42. The fourth-order valence-electron chi connectivity index (χ4n) is 1.70. The van der Waals surface area contributed by atoms with Crippen molar-refractivity contribution in [3.8, 4) is 0 Å². The van der Waals surface area contributed by atoms with Gasteiger partial charge in [-0.3, -0.25) is 10.1 Å². The SMILES string of the molecule is CC(CCC=O)(COC1CCCCO1)[N+](=O)[O-]. The summed E-state index contributed by atoms with van der Waals surface area (Å²) in [7, 11) is 0. The van der Waals surface area contributed by atoms with Gasteiger partial charge in [0.2, 0.25) is 5.54 Å². The Morgan fingerprint density at radius 3 is 2.88 bits per heavy atom. The topological polar surface area (TPSA) is 78.7 Å². The van der Waals surface area contributed by atoms with Crippen molar-refractivity contribution in [1.29, 1.82) is 0 Å². The van der Waals surface area contributed by atoms with Crippen LogP contribution < -0.4 is 0 Å². The molecule has 1 aliphatic heterocycles. The molecule has 0 N–H and O–H groups in total. The minimum absolute atomic E-state index is 0.0154. The number of carbonyl (C=O) groups is 1. The van der Waals surface area contributed by atoms with Crippen LogP contribution in [0.4, 0.5) is 0 Å². The first kappa shape index (κ1) is 14.1. The Kier molecular flexibility index (Phi) is 5.50. The first-order chi connectivity index (χ1) is 8.08. The molecular weight excluding hydrogens is 226 g/mol. The average molecular weight is 245 g/mol. The molecule has 1 saturated heterocycles. The van der Waals surface area contributed by atoms with E-state index >= 15 is 0 Å². The highest BCUT2D eigenvalue weighted by Crippen LogP contribution is 2.20. The van der Waals surface area contributed by atoms with Gasteiger partial charge in [-0.15, -0.1) is 0 Å². The summed E-state index contributed by atoms with van der Waals surface area (Å²) in [6.45, 7) is 2.13. The third kappa shape index (κ3) is 4.40. The number of hydrogen-bond donors (Lipinski definition) is 0. The van der Waals surface area contributed by atoms with Crippen LogP contribution in [0.1, 0.15) is 39.0 Å². The van der Waals surface area contributed by atoms with Crippen LogP contribution in [-0.4, -0.2) is 36.3 Å². The molecule has 1 aliphatic rings. The molecule has 2 unspecified atom stereocenters. The summed E-state index contributed by atoms with van der Waals surface area (Å²) in [5, 5.41) is 11.0. The Labute approximate surface area is 100 Å². The van der Waals surface area contributed by atoms with E-state index in [1.54, 1.807) is 0 Å². The lowest BCUT2D eigenvalue weighted by molar-refractivity contribution is -0.572. The molecular formula is C11H19NO5. The predicted molar refractivity (Wildman–Crippen MR) is 60.2 cm³/mol. The molecule has 1 fully saturated rings. The number of aldehydes is 1. The van der Waals surface area contributed by atoms with E-state index in [0.29, 0.717) is 12.9 Å². The molecule has 0 radical (unpaired) electrons. The zero-order valence-corrected chi connectivity index (χ0v) is 10.1. The number of nitrogens with zero attached hydrogens (tertiary/aromatic N) is 1. The molecule has 98 valence electrons. The third-order valence-electron chi connectivity index (χ3n) is 2.96. The van der Waals surface area contributed by atoms with Crippen molar-refractivity contribution in [3.05, 3.63) is 10.1 Å². The smallest absolute Gasteiger partial charge is 0.242 e. The Hall–Kier alpha value is -1.01. The number of carbonyl (C=O) groups excluding carboxylic acids is 1. The molecule has 6 heteroatoms. The summed E-state index contributed by atoms with van der Waals surface area (Å²) in [5.74, 6) is 0. The van der Waals surface area contributed by atoms with Crippen molar-refractivity contribution in [2.45, 2.75) is 50.9 Å². The first-order valence-electron chi connectivity index (χ1n) is 5.90. The van der Waals surface area contributed by atoms with Crippen LogP contribution in [0, 0.1) is 10.1 Å².